The second kappa shape index (κ2) is 9.80. The van der Waals surface area contributed by atoms with E-state index in [9.17, 15) is 4.79 Å². The van der Waals surface area contributed by atoms with Crippen LogP contribution in [0.25, 0.3) is 0 Å². The van der Waals surface area contributed by atoms with Gasteiger partial charge in [-0.1, -0.05) is 91.7 Å². The minimum atomic E-state index is -0.200. The molecule has 7 heteroatoms. The Balaban J connectivity index is 1.41. The average Bonchev–Trinajstić information content (AvgIpc) is 3.18. The zero-order valence-electron chi connectivity index (χ0n) is 16.9. The molecule has 6 nitrogen and oxygen atoms in total. The summed E-state index contributed by atoms with van der Waals surface area (Å²) in [5.74, 6) is 7.62. The van der Waals surface area contributed by atoms with Crippen molar-refractivity contribution < 1.29 is 4.79 Å². The summed E-state index contributed by atoms with van der Waals surface area (Å²) in [6, 6.07) is 19.8. The zero-order chi connectivity index (χ0) is 20.8. The van der Waals surface area contributed by atoms with E-state index in [1.54, 1.807) is 4.68 Å². The second-order valence-electron chi connectivity index (χ2n) is 7.66. The van der Waals surface area contributed by atoms with E-state index in [1.165, 1.54) is 31.0 Å². The van der Waals surface area contributed by atoms with Crippen molar-refractivity contribution >= 4 is 17.7 Å². The monoisotopic (exact) mass is 421 g/mol. The zero-order valence-corrected chi connectivity index (χ0v) is 17.7. The van der Waals surface area contributed by atoms with Crippen molar-refractivity contribution in [3.05, 3.63) is 77.6 Å². The van der Waals surface area contributed by atoms with Crippen LogP contribution in [0.3, 0.4) is 0 Å². The largest absolute Gasteiger partial charge is 0.344 e. The fourth-order valence-corrected chi connectivity index (χ4v) is 4.68. The standard InChI is InChI=1S/C23H27N5OS/c24-28-22(19-14-8-3-9-15-19)26-27-23(28)30-16-20(29)25-21(17-10-4-1-5-11-17)18-12-6-2-7-13-18/h1-2,4-7,10-13,19,21H,3,8-9,14-16,24H2,(H,25,29). The molecule has 0 aliphatic heterocycles. The van der Waals surface area contributed by atoms with Crippen LogP contribution in [0.15, 0.2) is 65.8 Å². The minimum absolute atomic E-state index is 0.0695. The summed E-state index contributed by atoms with van der Waals surface area (Å²) in [6.45, 7) is 0. The van der Waals surface area contributed by atoms with E-state index in [2.05, 4.69) is 15.5 Å². The Morgan fingerprint density at radius 1 is 1.00 bits per heavy atom. The minimum Gasteiger partial charge on any atom is -0.344 e. The van der Waals surface area contributed by atoms with Gasteiger partial charge < -0.3 is 11.2 Å². The highest BCUT2D eigenvalue weighted by molar-refractivity contribution is 7.99. The maximum absolute atomic E-state index is 12.8. The fraction of sp³-hybridized carbons (Fsp3) is 0.348. The van der Waals surface area contributed by atoms with Gasteiger partial charge in [0.1, 0.15) is 0 Å². The van der Waals surface area contributed by atoms with Crippen LogP contribution >= 0.6 is 11.8 Å². The normalized spacial score (nSPS) is 14.7. The van der Waals surface area contributed by atoms with E-state index in [4.69, 9.17) is 5.84 Å². The first-order valence-electron chi connectivity index (χ1n) is 10.4. The smallest absolute Gasteiger partial charge is 0.231 e. The predicted molar refractivity (Wildman–Crippen MR) is 120 cm³/mol. The van der Waals surface area contributed by atoms with E-state index in [-0.39, 0.29) is 17.7 Å². The lowest BCUT2D eigenvalue weighted by atomic mass is 9.89. The summed E-state index contributed by atoms with van der Waals surface area (Å²) >= 11 is 1.32. The quantitative estimate of drug-likeness (QED) is 0.444. The molecule has 2 aromatic carbocycles. The molecule has 4 rings (SSSR count). The van der Waals surface area contributed by atoms with Gasteiger partial charge in [-0.05, 0) is 24.0 Å². The number of nitrogens with one attached hydrogen (secondary N) is 1. The molecule has 0 radical (unpaired) electrons. The Labute approximate surface area is 181 Å². The predicted octanol–water partition coefficient (Wildman–Crippen LogP) is 4.04. The molecule has 1 aliphatic carbocycles. The summed E-state index contributed by atoms with van der Waals surface area (Å²) < 4.78 is 1.57. The van der Waals surface area contributed by atoms with E-state index in [1.807, 2.05) is 60.7 Å². The Morgan fingerprint density at radius 2 is 1.60 bits per heavy atom. The van der Waals surface area contributed by atoms with Crippen molar-refractivity contribution in [3.63, 3.8) is 0 Å². The maximum atomic E-state index is 12.8. The summed E-state index contributed by atoms with van der Waals surface area (Å²) in [4.78, 5) is 12.8. The molecule has 1 saturated carbocycles. The van der Waals surface area contributed by atoms with Gasteiger partial charge in [0.15, 0.2) is 5.82 Å². The molecule has 1 heterocycles. The van der Waals surface area contributed by atoms with Crippen LogP contribution in [-0.4, -0.2) is 26.5 Å². The number of hydrogen-bond donors (Lipinski definition) is 2. The highest BCUT2D eigenvalue weighted by Gasteiger charge is 2.23. The summed E-state index contributed by atoms with van der Waals surface area (Å²) in [7, 11) is 0. The van der Waals surface area contributed by atoms with Crippen molar-refractivity contribution in [2.45, 2.75) is 49.2 Å². The van der Waals surface area contributed by atoms with Crippen LogP contribution in [-0.2, 0) is 4.79 Å². The SMILES string of the molecule is Nn1c(SCC(=O)NC(c2ccccc2)c2ccccc2)nnc1C1CCCCC1. The van der Waals surface area contributed by atoms with Gasteiger partial charge in [0.25, 0.3) is 0 Å². The fourth-order valence-electron chi connectivity index (χ4n) is 4.01. The van der Waals surface area contributed by atoms with Crippen molar-refractivity contribution in [2.75, 3.05) is 11.6 Å². The molecule has 1 aromatic heterocycles. The first kappa shape index (κ1) is 20.5. The van der Waals surface area contributed by atoms with Gasteiger partial charge in [-0.2, -0.15) is 0 Å². The highest BCUT2D eigenvalue weighted by Crippen LogP contribution is 2.32. The molecule has 0 saturated heterocycles. The van der Waals surface area contributed by atoms with E-state index in [0.29, 0.717) is 11.1 Å². The molecule has 30 heavy (non-hydrogen) atoms. The van der Waals surface area contributed by atoms with Gasteiger partial charge >= 0.3 is 0 Å². The number of nitrogens with two attached hydrogens (primary N) is 1. The Kier molecular flexibility index (Phi) is 6.69. The molecule has 0 atom stereocenters. The lowest BCUT2D eigenvalue weighted by Crippen LogP contribution is -2.31. The number of benzene rings is 2. The lowest BCUT2D eigenvalue weighted by Gasteiger charge is -2.20. The Hall–Kier alpha value is -2.80. The van der Waals surface area contributed by atoms with Crippen molar-refractivity contribution in [2.24, 2.45) is 0 Å². The van der Waals surface area contributed by atoms with Crippen molar-refractivity contribution in [3.8, 4) is 0 Å². The van der Waals surface area contributed by atoms with Crippen LogP contribution in [0.1, 0.15) is 61.0 Å². The van der Waals surface area contributed by atoms with Crippen LogP contribution in [0.2, 0.25) is 0 Å². The van der Waals surface area contributed by atoms with Crippen LogP contribution in [0, 0.1) is 0 Å². The van der Waals surface area contributed by atoms with Crippen LogP contribution in [0.5, 0.6) is 0 Å². The number of hydrogen-bond acceptors (Lipinski definition) is 5. The molecule has 1 fully saturated rings. The molecule has 3 aromatic rings. The molecule has 0 unspecified atom stereocenters. The van der Waals surface area contributed by atoms with E-state index in [0.717, 1.165) is 29.8 Å². The third kappa shape index (κ3) is 4.84. The summed E-state index contributed by atoms with van der Waals surface area (Å²) in [5.41, 5.74) is 2.09. The number of carbonyl (C=O) groups is 1. The molecule has 1 aliphatic rings. The first-order chi connectivity index (χ1) is 14.7. The number of aromatic nitrogens is 3. The number of thioether (sulfide) groups is 1. The van der Waals surface area contributed by atoms with Crippen LogP contribution in [0.4, 0.5) is 0 Å². The first-order valence-corrected chi connectivity index (χ1v) is 11.4. The van der Waals surface area contributed by atoms with Gasteiger partial charge in [-0.15, -0.1) is 10.2 Å². The lowest BCUT2D eigenvalue weighted by molar-refractivity contribution is -0.119. The number of nitrogens with zero attached hydrogens (tertiary/aromatic N) is 3. The van der Waals surface area contributed by atoms with Gasteiger partial charge in [-0.3, -0.25) is 4.79 Å². The topological polar surface area (TPSA) is 85.8 Å². The molecular formula is C23H27N5OS. The molecule has 0 bridgehead atoms. The number of amides is 1. The number of carbonyl (C=O) groups excluding carboxylic acids is 1. The highest BCUT2D eigenvalue weighted by atomic mass is 32.2. The van der Waals surface area contributed by atoms with E-state index >= 15 is 0 Å². The van der Waals surface area contributed by atoms with E-state index < -0.39 is 0 Å². The second-order valence-corrected chi connectivity index (χ2v) is 8.60. The van der Waals surface area contributed by atoms with Gasteiger partial charge in [0.2, 0.25) is 11.1 Å². The third-order valence-corrected chi connectivity index (χ3v) is 6.51. The molecule has 3 N–H and O–H groups in total. The maximum Gasteiger partial charge on any atom is 0.231 e. The van der Waals surface area contributed by atoms with Gasteiger partial charge in [0, 0.05) is 5.92 Å². The molecular weight excluding hydrogens is 394 g/mol. The number of nitrogen functional groups attached to an aromatic ring is 1. The average molecular weight is 422 g/mol. The third-order valence-electron chi connectivity index (χ3n) is 5.56. The molecule has 1 amide bonds. The van der Waals surface area contributed by atoms with Gasteiger partial charge in [0.05, 0.1) is 11.8 Å². The van der Waals surface area contributed by atoms with Crippen LogP contribution < -0.4 is 11.2 Å². The van der Waals surface area contributed by atoms with Gasteiger partial charge in [-0.25, -0.2) is 4.68 Å². The molecule has 0 spiro atoms. The Bertz CT molecular complexity index is 915. The Morgan fingerprint density at radius 3 is 2.20 bits per heavy atom. The molecule has 156 valence electrons. The van der Waals surface area contributed by atoms with Crippen molar-refractivity contribution in [1.82, 2.24) is 20.2 Å². The summed E-state index contributed by atoms with van der Waals surface area (Å²) in [6.07, 6.45) is 5.92. The summed E-state index contributed by atoms with van der Waals surface area (Å²) in [5, 5.41) is 12.3. The van der Waals surface area contributed by atoms with Crippen molar-refractivity contribution in [1.29, 1.82) is 0 Å². The number of rotatable bonds is 7.